The van der Waals surface area contributed by atoms with Crippen LogP contribution in [0.1, 0.15) is 22.7 Å². The number of sulfonamides is 1. The van der Waals surface area contributed by atoms with Crippen molar-refractivity contribution in [2.24, 2.45) is 5.73 Å². The van der Waals surface area contributed by atoms with Crippen molar-refractivity contribution in [1.29, 1.82) is 0 Å². The summed E-state index contributed by atoms with van der Waals surface area (Å²) in [7, 11) is -0.488. The standard InChI is InChI=1S/C18H23N3O3S/c1-13-4-8-15(9-5-13)17(19)18(22)20-12-14-6-10-16(11-7-14)25(23,24)21(2)3/h4-11,17H,12,19H2,1-3H3,(H,20,22). The van der Waals surface area contributed by atoms with Crippen LogP contribution in [0.25, 0.3) is 0 Å². The van der Waals surface area contributed by atoms with Gasteiger partial charge in [-0.05, 0) is 30.2 Å². The number of amides is 1. The van der Waals surface area contributed by atoms with Crippen molar-refractivity contribution in [2.75, 3.05) is 14.1 Å². The highest BCUT2D eigenvalue weighted by Crippen LogP contribution is 2.15. The molecule has 0 spiro atoms. The van der Waals surface area contributed by atoms with Gasteiger partial charge >= 0.3 is 0 Å². The number of rotatable bonds is 6. The first-order valence-electron chi connectivity index (χ1n) is 7.83. The highest BCUT2D eigenvalue weighted by atomic mass is 32.2. The van der Waals surface area contributed by atoms with Gasteiger partial charge in [-0.15, -0.1) is 0 Å². The minimum atomic E-state index is -3.45. The number of nitrogens with one attached hydrogen (secondary N) is 1. The van der Waals surface area contributed by atoms with Crippen molar-refractivity contribution >= 4 is 15.9 Å². The Morgan fingerprint density at radius 1 is 1.08 bits per heavy atom. The fraction of sp³-hybridized carbons (Fsp3) is 0.278. The summed E-state index contributed by atoms with van der Waals surface area (Å²) in [5, 5.41) is 2.77. The number of nitrogens with two attached hydrogens (primary N) is 1. The lowest BCUT2D eigenvalue weighted by Crippen LogP contribution is -2.33. The van der Waals surface area contributed by atoms with Crippen LogP contribution in [-0.4, -0.2) is 32.7 Å². The van der Waals surface area contributed by atoms with Gasteiger partial charge in [0.15, 0.2) is 0 Å². The number of carbonyl (C=O) groups is 1. The van der Waals surface area contributed by atoms with Crippen LogP contribution in [0, 0.1) is 6.92 Å². The van der Waals surface area contributed by atoms with Crippen LogP contribution in [0.4, 0.5) is 0 Å². The maximum absolute atomic E-state index is 12.2. The highest BCUT2D eigenvalue weighted by Gasteiger charge is 2.17. The van der Waals surface area contributed by atoms with Crippen LogP contribution in [-0.2, 0) is 21.4 Å². The molecule has 0 saturated carbocycles. The third-order valence-electron chi connectivity index (χ3n) is 3.89. The van der Waals surface area contributed by atoms with Gasteiger partial charge in [0.1, 0.15) is 6.04 Å². The van der Waals surface area contributed by atoms with Crippen molar-refractivity contribution in [1.82, 2.24) is 9.62 Å². The van der Waals surface area contributed by atoms with E-state index < -0.39 is 16.1 Å². The van der Waals surface area contributed by atoms with Gasteiger partial charge in [0.2, 0.25) is 15.9 Å². The van der Waals surface area contributed by atoms with Crippen molar-refractivity contribution in [3.63, 3.8) is 0 Å². The molecule has 0 radical (unpaired) electrons. The minimum absolute atomic E-state index is 0.212. The smallest absolute Gasteiger partial charge is 0.242 e. The molecule has 1 amide bonds. The van der Waals surface area contributed by atoms with E-state index >= 15 is 0 Å². The van der Waals surface area contributed by atoms with Crippen LogP contribution in [0.5, 0.6) is 0 Å². The second-order valence-electron chi connectivity index (χ2n) is 6.04. The Kier molecular flexibility index (Phi) is 5.94. The Morgan fingerprint density at radius 3 is 2.16 bits per heavy atom. The molecular weight excluding hydrogens is 338 g/mol. The molecule has 134 valence electrons. The number of benzene rings is 2. The van der Waals surface area contributed by atoms with E-state index in [1.807, 2.05) is 31.2 Å². The Labute approximate surface area is 148 Å². The van der Waals surface area contributed by atoms with Gasteiger partial charge in [-0.3, -0.25) is 4.79 Å². The van der Waals surface area contributed by atoms with E-state index in [0.717, 1.165) is 21.0 Å². The van der Waals surface area contributed by atoms with E-state index in [1.165, 1.54) is 26.2 Å². The zero-order valence-corrected chi connectivity index (χ0v) is 15.4. The molecule has 6 nitrogen and oxygen atoms in total. The number of carbonyl (C=O) groups excluding carboxylic acids is 1. The molecule has 0 bridgehead atoms. The molecule has 0 saturated heterocycles. The van der Waals surface area contributed by atoms with E-state index in [-0.39, 0.29) is 17.3 Å². The SMILES string of the molecule is Cc1ccc(C(N)C(=O)NCc2ccc(S(=O)(=O)N(C)C)cc2)cc1. The monoisotopic (exact) mass is 361 g/mol. The summed E-state index contributed by atoms with van der Waals surface area (Å²) in [6.07, 6.45) is 0. The molecule has 0 aliphatic heterocycles. The average Bonchev–Trinajstić information content (AvgIpc) is 2.60. The second-order valence-corrected chi connectivity index (χ2v) is 8.19. The fourth-order valence-corrected chi connectivity index (χ4v) is 3.12. The molecule has 7 heteroatoms. The van der Waals surface area contributed by atoms with Gasteiger partial charge in [-0.2, -0.15) is 0 Å². The summed E-state index contributed by atoms with van der Waals surface area (Å²) in [6, 6.07) is 13.1. The van der Waals surface area contributed by atoms with Gasteiger partial charge in [0, 0.05) is 20.6 Å². The zero-order chi connectivity index (χ0) is 18.6. The topological polar surface area (TPSA) is 92.5 Å². The number of nitrogens with zero attached hydrogens (tertiary/aromatic N) is 1. The van der Waals surface area contributed by atoms with Crippen LogP contribution in [0.3, 0.4) is 0 Å². The summed E-state index contributed by atoms with van der Waals surface area (Å²) in [5.41, 5.74) is 8.61. The molecule has 0 aromatic heterocycles. The zero-order valence-electron chi connectivity index (χ0n) is 14.6. The first-order chi connectivity index (χ1) is 11.7. The van der Waals surface area contributed by atoms with Crippen LogP contribution in [0.15, 0.2) is 53.4 Å². The predicted molar refractivity (Wildman–Crippen MR) is 97.3 cm³/mol. The maximum atomic E-state index is 12.2. The fourth-order valence-electron chi connectivity index (χ4n) is 2.21. The van der Waals surface area contributed by atoms with E-state index in [4.69, 9.17) is 5.73 Å². The summed E-state index contributed by atoms with van der Waals surface area (Å²) < 4.78 is 25.2. The van der Waals surface area contributed by atoms with Crippen LogP contribution >= 0.6 is 0 Å². The van der Waals surface area contributed by atoms with Crippen molar-refractivity contribution < 1.29 is 13.2 Å². The number of hydrogen-bond donors (Lipinski definition) is 2. The molecule has 0 aliphatic rings. The van der Waals surface area contributed by atoms with E-state index in [0.29, 0.717) is 0 Å². The van der Waals surface area contributed by atoms with E-state index in [2.05, 4.69) is 5.32 Å². The van der Waals surface area contributed by atoms with Crippen LogP contribution in [0.2, 0.25) is 0 Å². The Hall–Kier alpha value is -2.22. The summed E-state index contributed by atoms with van der Waals surface area (Å²) >= 11 is 0. The lowest BCUT2D eigenvalue weighted by atomic mass is 10.1. The molecule has 1 unspecified atom stereocenters. The molecule has 25 heavy (non-hydrogen) atoms. The summed E-state index contributed by atoms with van der Waals surface area (Å²) in [6.45, 7) is 2.25. The minimum Gasteiger partial charge on any atom is -0.350 e. The Balaban J connectivity index is 1.99. The van der Waals surface area contributed by atoms with Gasteiger partial charge in [0.05, 0.1) is 4.90 Å². The highest BCUT2D eigenvalue weighted by molar-refractivity contribution is 7.89. The predicted octanol–water partition coefficient (Wildman–Crippen LogP) is 1.56. The van der Waals surface area contributed by atoms with Crippen LogP contribution < -0.4 is 11.1 Å². The molecule has 2 aromatic rings. The molecule has 2 rings (SSSR count). The van der Waals surface area contributed by atoms with E-state index in [1.54, 1.807) is 12.1 Å². The van der Waals surface area contributed by atoms with Gasteiger partial charge in [-0.25, -0.2) is 12.7 Å². The third kappa shape index (κ3) is 4.66. The molecule has 0 fully saturated rings. The lowest BCUT2D eigenvalue weighted by Gasteiger charge is -2.14. The lowest BCUT2D eigenvalue weighted by molar-refractivity contribution is -0.122. The Bertz CT molecular complexity index is 829. The molecular formula is C18H23N3O3S. The second kappa shape index (κ2) is 7.77. The Morgan fingerprint density at radius 2 is 1.64 bits per heavy atom. The summed E-state index contributed by atoms with van der Waals surface area (Å²) in [5.74, 6) is -0.283. The van der Waals surface area contributed by atoms with E-state index in [9.17, 15) is 13.2 Å². The average molecular weight is 361 g/mol. The largest absolute Gasteiger partial charge is 0.350 e. The van der Waals surface area contributed by atoms with Crippen molar-refractivity contribution in [3.8, 4) is 0 Å². The first-order valence-corrected chi connectivity index (χ1v) is 9.27. The molecule has 0 heterocycles. The summed E-state index contributed by atoms with van der Waals surface area (Å²) in [4.78, 5) is 12.4. The quantitative estimate of drug-likeness (QED) is 0.817. The molecule has 2 aromatic carbocycles. The van der Waals surface area contributed by atoms with Gasteiger partial charge in [0.25, 0.3) is 0 Å². The van der Waals surface area contributed by atoms with Gasteiger partial charge in [-0.1, -0.05) is 42.0 Å². The van der Waals surface area contributed by atoms with Crippen molar-refractivity contribution in [3.05, 3.63) is 65.2 Å². The third-order valence-corrected chi connectivity index (χ3v) is 5.72. The van der Waals surface area contributed by atoms with Crippen molar-refractivity contribution in [2.45, 2.75) is 24.4 Å². The number of hydrogen-bond acceptors (Lipinski definition) is 4. The first kappa shape index (κ1) is 19.1. The van der Waals surface area contributed by atoms with Gasteiger partial charge < -0.3 is 11.1 Å². The molecule has 3 N–H and O–H groups in total. The maximum Gasteiger partial charge on any atom is 0.242 e. The normalized spacial score (nSPS) is 12.8. The molecule has 1 atom stereocenters. The number of aryl methyl sites for hydroxylation is 1. The molecule has 0 aliphatic carbocycles.